The Hall–Kier alpha value is -2.29. The lowest BCUT2D eigenvalue weighted by Gasteiger charge is -2.25. The monoisotopic (exact) mass is 347 g/mol. The van der Waals surface area contributed by atoms with Crippen LogP contribution in [0.1, 0.15) is 73.7 Å². The van der Waals surface area contributed by atoms with Crippen LogP contribution in [0, 0.1) is 0 Å². The van der Waals surface area contributed by atoms with Crippen molar-refractivity contribution in [3.8, 4) is 0 Å². The zero-order chi connectivity index (χ0) is 17.8. The van der Waals surface area contributed by atoms with Gasteiger partial charge in [0.15, 0.2) is 11.5 Å². The van der Waals surface area contributed by atoms with Gasteiger partial charge in [0.05, 0.1) is 12.2 Å². The van der Waals surface area contributed by atoms with Crippen LogP contribution in [0.5, 0.6) is 0 Å². The van der Waals surface area contributed by atoms with Gasteiger partial charge in [0, 0.05) is 24.9 Å². The van der Waals surface area contributed by atoms with E-state index in [1.807, 2.05) is 13.8 Å². The minimum atomic E-state index is -0.244. The van der Waals surface area contributed by atoms with E-state index in [-0.39, 0.29) is 23.9 Å². The summed E-state index contributed by atoms with van der Waals surface area (Å²) in [5.41, 5.74) is 6.25. The predicted octanol–water partition coefficient (Wildman–Crippen LogP) is 1.20. The average Bonchev–Trinajstić information content (AvgIpc) is 3.25. The van der Waals surface area contributed by atoms with E-state index in [0.717, 1.165) is 25.7 Å². The standard InChI is InChI=1S/C16H25N7O2/c1-10(2)16-19-14(21-25-16)7-8-18-15(24)13-9-23(22-20-13)12-5-3-11(17)4-6-12/h9-12H,3-8,17H2,1-2H3,(H,18,24). The Balaban J connectivity index is 1.48. The topological polar surface area (TPSA) is 125 Å². The van der Waals surface area contributed by atoms with E-state index in [2.05, 4.69) is 25.8 Å². The van der Waals surface area contributed by atoms with Gasteiger partial charge in [-0.05, 0) is 25.7 Å². The lowest BCUT2D eigenvalue weighted by atomic mass is 9.92. The number of carbonyl (C=O) groups excluding carboxylic acids is 1. The largest absolute Gasteiger partial charge is 0.350 e. The minimum Gasteiger partial charge on any atom is -0.350 e. The first-order valence-corrected chi connectivity index (χ1v) is 8.81. The highest BCUT2D eigenvalue weighted by Gasteiger charge is 2.22. The van der Waals surface area contributed by atoms with Crippen molar-refractivity contribution in [2.24, 2.45) is 5.73 Å². The number of nitrogens with zero attached hydrogens (tertiary/aromatic N) is 5. The van der Waals surface area contributed by atoms with E-state index in [0.29, 0.717) is 30.4 Å². The Kier molecular flexibility index (Phi) is 5.42. The summed E-state index contributed by atoms with van der Waals surface area (Å²) in [7, 11) is 0. The van der Waals surface area contributed by atoms with E-state index < -0.39 is 0 Å². The third kappa shape index (κ3) is 4.41. The maximum Gasteiger partial charge on any atom is 0.273 e. The molecule has 2 aromatic rings. The molecule has 2 heterocycles. The third-order valence-electron chi connectivity index (χ3n) is 4.47. The normalized spacial score (nSPS) is 20.8. The van der Waals surface area contributed by atoms with Crippen LogP contribution in [0.3, 0.4) is 0 Å². The van der Waals surface area contributed by atoms with Gasteiger partial charge in [-0.3, -0.25) is 4.79 Å². The summed E-state index contributed by atoms with van der Waals surface area (Å²) < 4.78 is 6.92. The lowest BCUT2D eigenvalue weighted by molar-refractivity contribution is 0.0948. The molecule has 0 spiro atoms. The van der Waals surface area contributed by atoms with Crippen molar-refractivity contribution in [1.29, 1.82) is 0 Å². The SMILES string of the molecule is CC(C)c1nc(CCNC(=O)c2cn(C3CCC(N)CC3)nn2)no1. The van der Waals surface area contributed by atoms with Crippen molar-refractivity contribution in [2.75, 3.05) is 6.54 Å². The van der Waals surface area contributed by atoms with Crippen LogP contribution >= 0.6 is 0 Å². The van der Waals surface area contributed by atoms with E-state index in [9.17, 15) is 4.79 Å². The van der Waals surface area contributed by atoms with Crippen LogP contribution < -0.4 is 11.1 Å². The number of nitrogens with two attached hydrogens (primary N) is 1. The van der Waals surface area contributed by atoms with Gasteiger partial charge < -0.3 is 15.6 Å². The first-order valence-electron chi connectivity index (χ1n) is 8.81. The molecule has 1 saturated carbocycles. The molecule has 0 aliphatic heterocycles. The summed E-state index contributed by atoms with van der Waals surface area (Å²) in [4.78, 5) is 16.5. The fraction of sp³-hybridized carbons (Fsp3) is 0.688. The molecular formula is C16H25N7O2. The van der Waals surface area contributed by atoms with Crippen molar-refractivity contribution in [2.45, 2.75) is 64.0 Å². The molecule has 0 radical (unpaired) electrons. The second-order valence-electron chi connectivity index (χ2n) is 6.86. The van der Waals surface area contributed by atoms with E-state index >= 15 is 0 Å². The van der Waals surface area contributed by atoms with Crippen molar-refractivity contribution in [3.05, 3.63) is 23.6 Å². The fourth-order valence-corrected chi connectivity index (χ4v) is 2.91. The van der Waals surface area contributed by atoms with Crippen molar-refractivity contribution in [1.82, 2.24) is 30.5 Å². The Morgan fingerprint density at radius 3 is 2.84 bits per heavy atom. The molecular weight excluding hydrogens is 322 g/mol. The molecule has 3 N–H and O–H groups in total. The van der Waals surface area contributed by atoms with Crippen LogP contribution in [0.4, 0.5) is 0 Å². The molecule has 3 rings (SSSR count). The summed E-state index contributed by atoms with van der Waals surface area (Å²) in [5, 5.41) is 14.8. The van der Waals surface area contributed by atoms with Gasteiger partial charge in [-0.2, -0.15) is 4.98 Å². The molecule has 2 aromatic heterocycles. The summed E-state index contributed by atoms with van der Waals surface area (Å²) in [6.45, 7) is 4.39. The minimum absolute atomic E-state index is 0.195. The highest BCUT2D eigenvalue weighted by molar-refractivity contribution is 5.91. The van der Waals surface area contributed by atoms with Crippen LogP contribution in [0.2, 0.25) is 0 Å². The first kappa shape index (κ1) is 17.5. The number of nitrogens with one attached hydrogen (secondary N) is 1. The second kappa shape index (κ2) is 7.73. The van der Waals surface area contributed by atoms with Gasteiger partial charge in [-0.15, -0.1) is 5.10 Å². The second-order valence-corrected chi connectivity index (χ2v) is 6.86. The Bertz CT molecular complexity index is 701. The molecule has 0 unspecified atom stereocenters. The van der Waals surface area contributed by atoms with Crippen LogP contribution in [-0.4, -0.2) is 43.6 Å². The Morgan fingerprint density at radius 2 is 2.16 bits per heavy atom. The third-order valence-corrected chi connectivity index (χ3v) is 4.47. The smallest absolute Gasteiger partial charge is 0.273 e. The molecule has 136 valence electrons. The molecule has 25 heavy (non-hydrogen) atoms. The van der Waals surface area contributed by atoms with Crippen LogP contribution in [0.15, 0.2) is 10.7 Å². The van der Waals surface area contributed by atoms with E-state index in [1.165, 1.54) is 0 Å². The van der Waals surface area contributed by atoms with Crippen LogP contribution in [-0.2, 0) is 6.42 Å². The fourth-order valence-electron chi connectivity index (χ4n) is 2.91. The number of carbonyl (C=O) groups is 1. The van der Waals surface area contributed by atoms with Gasteiger partial charge in [-0.25, -0.2) is 4.68 Å². The highest BCUT2D eigenvalue weighted by Crippen LogP contribution is 2.26. The molecule has 1 fully saturated rings. The van der Waals surface area contributed by atoms with Gasteiger partial charge in [0.2, 0.25) is 5.89 Å². The molecule has 0 atom stereocenters. The molecule has 1 aliphatic carbocycles. The maximum atomic E-state index is 12.2. The van der Waals surface area contributed by atoms with Gasteiger partial charge in [0.1, 0.15) is 0 Å². The Labute approximate surface area is 146 Å². The average molecular weight is 347 g/mol. The summed E-state index contributed by atoms with van der Waals surface area (Å²) in [6.07, 6.45) is 6.13. The first-order chi connectivity index (χ1) is 12.0. The maximum absolute atomic E-state index is 12.2. The highest BCUT2D eigenvalue weighted by atomic mass is 16.5. The number of aromatic nitrogens is 5. The molecule has 0 aromatic carbocycles. The summed E-state index contributed by atoms with van der Waals surface area (Å²) in [6, 6.07) is 0.562. The molecule has 0 bridgehead atoms. The van der Waals surface area contributed by atoms with Crippen molar-refractivity contribution in [3.63, 3.8) is 0 Å². The molecule has 0 saturated heterocycles. The van der Waals surface area contributed by atoms with E-state index in [4.69, 9.17) is 10.3 Å². The predicted molar refractivity (Wildman–Crippen MR) is 89.9 cm³/mol. The van der Waals surface area contributed by atoms with Crippen LogP contribution in [0.25, 0.3) is 0 Å². The number of hydrogen-bond acceptors (Lipinski definition) is 7. The summed E-state index contributed by atoms with van der Waals surface area (Å²) in [5.74, 6) is 1.15. The summed E-state index contributed by atoms with van der Waals surface area (Å²) >= 11 is 0. The number of rotatable bonds is 6. The number of amides is 1. The van der Waals surface area contributed by atoms with E-state index in [1.54, 1.807) is 10.9 Å². The number of hydrogen-bond donors (Lipinski definition) is 2. The van der Waals surface area contributed by atoms with Crippen molar-refractivity contribution < 1.29 is 9.32 Å². The zero-order valence-corrected chi connectivity index (χ0v) is 14.7. The molecule has 1 aliphatic rings. The zero-order valence-electron chi connectivity index (χ0n) is 14.7. The lowest BCUT2D eigenvalue weighted by Crippen LogP contribution is -2.28. The van der Waals surface area contributed by atoms with Gasteiger partial charge in [0.25, 0.3) is 5.91 Å². The Morgan fingerprint density at radius 1 is 1.40 bits per heavy atom. The van der Waals surface area contributed by atoms with Gasteiger partial charge in [-0.1, -0.05) is 24.2 Å². The van der Waals surface area contributed by atoms with Gasteiger partial charge >= 0.3 is 0 Å². The quantitative estimate of drug-likeness (QED) is 0.804. The molecule has 9 nitrogen and oxygen atoms in total. The molecule has 1 amide bonds. The van der Waals surface area contributed by atoms with Crippen molar-refractivity contribution >= 4 is 5.91 Å². The molecule has 9 heteroatoms.